The third kappa shape index (κ3) is 3.11. The minimum absolute atomic E-state index is 0.0909. The first kappa shape index (κ1) is 12.2. The molecule has 2 amide bonds. The number of amides is 2. The van der Waals surface area contributed by atoms with Crippen molar-refractivity contribution in [1.29, 1.82) is 0 Å². The summed E-state index contributed by atoms with van der Waals surface area (Å²) in [6.07, 6.45) is 1.05. The van der Waals surface area contributed by atoms with Crippen LogP contribution in [0, 0.1) is 0 Å². The molecule has 1 N–H and O–H groups in total. The topological polar surface area (TPSA) is 41.6 Å². The van der Waals surface area contributed by atoms with Crippen molar-refractivity contribution < 1.29 is 9.53 Å². The number of nitrogens with one attached hydrogen (secondary N) is 1. The van der Waals surface area contributed by atoms with Gasteiger partial charge in [0.1, 0.15) is 0 Å². The molecule has 2 rings (SSSR count). The molecular formula is C12H15ClN2O2. The zero-order chi connectivity index (χ0) is 12.3. The minimum Gasteiger partial charge on any atom is -0.380 e. The standard InChI is InChI=1S/C12H15ClN2O2/c1-17-11-6-7-15(8-11)12(16)14-10-4-2-9(13)3-5-10/h2-5,11H,6-8H2,1H3,(H,14,16). The molecule has 1 atom stereocenters. The van der Waals surface area contributed by atoms with Gasteiger partial charge in [-0.25, -0.2) is 4.79 Å². The van der Waals surface area contributed by atoms with Crippen LogP contribution in [0.2, 0.25) is 5.02 Å². The lowest BCUT2D eigenvalue weighted by atomic mass is 10.3. The third-order valence-corrected chi connectivity index (χ3v) is 3.11. The van der Waals surface area contributed by atoms with Gasteiger partial charge in [0.15, 0.2) is 0 Å². The number of halogens is 1. The van der Waals surface area contributed by atoms with Gasteiger partial charge in [0.25, 0.3) is 0 Å². The van der Waals surface area contributed by atoms with Crippen LogP contribution < -0.4 is 5.32 Å². The molecule has 5 heteroatoms. The van der Waals surface area contributed by atoms with Gasteiger partial charge in [0, 0.05) is 30.9 Å². The molecule has 92 valence electrons. The first-order valence-corrected chi connectivity index (χ1v) is 5.91. The number of benzene rings is 1. The van der Waals surface area contributed by atoms with Gasteiger partial charge in [-0.2, -0.15) is 0 Å². The number of likely N-dealkylation sites (tertiary alicyclic amines) is 1. The fourth-order valence-electron chi connectivity index (χ4n) is 1.84. The van der Waals surface area contributed by atoms with Crippen LogP contribution in [0.3, 0.4) is 0 Å². The maximum absolute atomic E-state index is 11.9. The highest BCUT2D eigenvalue weighted by atomic mass is 35.5. The van der Waals surface area contributed by atoms with Crippen molar-refractivity contribution in [3.05, 3.63) is 29.3 Å². The predicted octanol–water partition coefficient (Wildman–Crippen LogP) is 2.59. The van der Waals surface area contributed by atoms with Gasteiger partial charge < -0.3 is 15.0 Å². The molecule has 1 saturated heterocycles. The van der Waals surface area contributed by atoms with Crippen molar-refractivity contribution in [1.82, 2.24) is 4.90 Å². The lowest BCUT2D eigenvalue weighted by Crippen LogP contribution is -2.33. The number of nitrogens with zero attached hydrogens (tertiary/aromatic N) is 1. The Bertz CT molecular complexity index is 394. The van der Waals surface area contributed by atoms with E-state index in [1.54, 1.807) is 36.3 Å². The summed E-state index contributed by atoms with van der Waals surface area (Å²) in [4.78, 5) is 13.6. The van der Waals surface area contributed by atoms with Gasteiger partial charge >= 0.3 is 6.03 Å². The number of hydrogen-bond donors (Lipinski definition) is 1. The normalized spacial score (nSPS) is 19.4. The molecule has 17 heavy (non-hydrogen) atoms. The average Bonchev–Trinajstić information content (AvgIpc) is 2.81. The molecule has 1 aliphatic rings. The van der Waals surface area contributed by atoms with E-state index in [0.717, 1.165) is 18.7 Å². The highest BCUT2D eigenvalue weighted by molar-refractivity contribution is 6.30. The van der Waals surface area contributed by atoms with E-state index in [2.05, 4.69) is 5.32 Å². The number of rotatable bonds is 2. The molecule has 1 aromatic rings. The molecule has 1 fully saturated rings. The smallest absolute Gasteiger partial charge is 0.321 e. The van der Waals surface area contributed by atoms with E-state index < -0.39 is 0 Å². The second-order valence-electron chi connectivity index (χ2n) is 4.03. The van der Waals surface area contributed by atoms with E-state index in [0.29, 0.717) is 11.6 Å². The fraction of sp³-hybridized carbons (Fsp3) is 0.417. The van der Waals surface area contributed by atoms with Gasteiger partial charge in [0.2, 0.25) is 0 Å². The summed E-state index contributed by atoms with van der Waals surface area (Å²) >= 11 is 5.77. The van der Waals surface area contributed by atoms with E-state index in [-0.39, 0.29) is 12.1 Å². The van der Waals surface area contributed by atoms with E-state index in [1.807, 2.05) is 0 Å². The highest BCUT2D eigenvalue weighted by Gasteiger charge is 2.25. The Morgan fingerprint density at radius 2 is 2.18 bits per heavy atom. The maximum Gasteiger partial charge on any atom is 0.321 e. The van der Waals surface area contributed by atoms with E-state index in [1.165, 1.54) is 0 Å². The Morgan fingerprint density at radius 1 is 1.47 bits per heavy atom. The van der Waals surface area contributed by atoms with Crippen LogP contribution in [0.4, 0.5) is 10.5 Å². The number of ether oxygens (including phenoxy) is 1. The summed E-state index contributed by atoms with van der Waals surface area (Å²) in [5.74, 6) is 0. The third-order valence-electron chi connectivity index (χ3n) is 2.86. The second kappa shape index (κ2) is 5.38. The SMILES string of the molecule is COC1CCN(C(=O)Nc2ccc(Cl)cc2)C1. The van der Waals surface area contributed by atoms with Gasteiger partial charge in [-0.3, -0.25) is 0 Å². The summed E-state index contributed by atoms with van der Waals surface area (Å²) in [5, 5.41) is 3.48. The summed E-state index contributed by atoms with van der Waals surface area (Å²) in [7, 11) is 1.67. The number of anilines is 1. The first-order chi connectivity index (χ1) is 8.19. The van der Waals surface area contributed by atoms with Crippen LogP contribution in [0.5, 0.6) is 0 Å². The summed E-state index contributed by atoms with van der Waals surface area (Å²) < 4.78 is 5.22. The Labute approximate surface area is 106 Å². The molecule has 0 aliphatic carbocycles. The summed E-state index contributed by atoms with van der Waals surface area (Å²) in [6, 6.07) is 6.97. The van der Waals surface area contributed by atoms with E-state index in [9.17, 15) is 4.79 Å². The molecule has 1 aliphatic heterocycles. The monoisotopic (exact) mass is 254 g/mol. The average molecular weight is 255 g/mol. The highest BCUT2D eigenvalue weighted by Crippen LogP contribution is 2.16. The number of methoxy groups -OCH3 is 1. The summed E-state index contributed by atoms with van der Waals surface area (Å²) in [5.41, 5.74) is 0.750. The Morgan fingerprint density at radius 3 is 2.76 bits per heavy atom. The lowest BCUT2D eigenvalue weighted by molar-refractivity contribution is 0.111. The lowest BCUT2D eigenvalue weighted by Gasteiger charge is -2.17. The molecule has 1 unspecified atom stereocenters. The van der Waals surface area contributed by atoms with Crippen LogP contribution in [0.25, 0.3) is 0 Å². The van der Waals surface area contributed by atoms with Crippen LogP contribution >= 0.6 is 11.6 Å². The van der Waals surface area contributed by atoms with Crippen molar-refractivity contribution >= 4 is 23.3 Å². The van der Waals surface area contributed by atoms with Crippen molar-refractivity contribution in [2.75, 3.05) is 25.5 Å². The van der Waals surface area contributed by atoms with Gasteiger partial charge in [-0.05, 0) is 30.7 Å². The van der Waals surface area contributed by atoms with Crippen molar-refractivity contribution in [3.8, 4) is 0 Å². The van der Waals surface area contributed by atoms with Gasteiger partial charge in [-0.15, -0.1) is 0 Å². The maximum atomic E-state index is 11.9. The van der Waals surface area contributed by atoms with Crippen molar-refractivity contribution in [3.63, 3.8) is 0 Å². The zero-order valence-electron chi connectivity index (χ0n) is 9.65. The molecular weight excluding hydrogens is 240 g/mol. The van der Waals surface area contributed by atoms with E-state index >= 15 is 0 Å². The van der Waals surface area contributed by atoms with Crippen LogP contribution in [-0.2, 0) is 4.74 Å². The minimum atomic E-state index is -0.0909. The van der Waals surface area contributed by atoms with Gasteiger partial charge in [0.05, 0.1) is 6.10 Å². The molecule has 4 nitrogen and oxygen atoms in total. The largest absolute Gasteiger partial charge is 0.380 e. The Balaban J connectivity index is 1.91. The molecule has 1 heterocycles. The summed E-state index contributed by atoms with van der Waals surface area (Å²) in [6.45, 7) is 1.38. The first-order valence-electron chi connectivity index (χ1n) is 5.53. The molecule has 1 aromatic carbocycles. The quantitative estimate of drug-likeness (QED) is 0.881. The molecule has 0 radical (unpaired) electrons. The molecule has 0 bridgehead atoms. The van der Waals surface area contributed by atoms with Gasteiger partial charge in [-0.1, -0.05) is 11.6 Å². The van der Waals surface area contributed by atoms with Crippen LogP contribution in [0.1, 0.15) is 6.42 Å². The Kier molecular flexibility index (Phi) is 3.86. The van der Waals surface area contributed by atoms with E-state index in [4.69, 9.17) is 16.3 Å². The number of carbonyl (C=O) groups excluding carboxylic acids is 1. The zero-order valence-corrected chi connectivity index (χ0v) is 10.4. The number of hydrogen-bond acceptors (Lipinski definition) is 2. The molecule has 0 aromatic heterocycles. The van der Waals surface area contributed by atoms with Crippen molar-refractivity contribution in [2.24, 2.45) is 0 Å². The number of urea groups is 1. The molecule has 0 saturated carbocycles. The second-order valence-corrected chi connectivity index (χ2v) is 4.47. The number of carbonyl (C=O) groups is 1. The molecule has 0 spiro atoms. The fourth-order valence-corrected chi connectivity index (χ4v) is 1.97. The predicted molar refractivity (Wildman–Crippen MR) is 67.5 cm³/mol. The van der Waals surface area contributed by atoms with Crippen LogP contribution in [0.15, 0.2) is 24.3 Å². The van der Waals surface area contributed by atoms with Crippen molar-refractivity contribution in [2.45, 2.75) is 12.5 Å². The Hall–Kier alpha value is -1.26. The van der Waals surface area contributed by atoms with Crippen LogP contribution in [-0.4, -0.2) is 37.2 Å².